The molecular formula is C51H31N5S. The summed E-state index contributed by atoms with van der Waals surface area (Å²) in [6.45, 7) is 0. The van der Waals surface area contributed by atoms with Crippen LogP contribution in [0.25, 0.3) is 116 Å². The fourth-order valence-corrected chi connectivity index (χ4v) is 10.6. The van der Waals surface area contributed by atoms with E-state index in [1.54, 1.807) is 0 Å². The molecule has 0 saturated carbocycles. The fraction of sp³-hybridized carbons (Fsp3) is 0.0392. The van der Waals surface area contributed by atoms with Crippen LogP contribution in [0, 0.1) is 0 Å². The zero-order chi connectivity index (χ0) is 37.2. The van der Waals surface area contributed by atoms with E-state index in [1.165, 1.54) is 70.3 Å². The molecule has 2 aliphatic rings. The van der Waals surface area contributed by atoms with Crippen molar-refractivity contribution in [2.75, 3.05) is 0 Å². The van der Waals surface area contributed by atoms with E-state index in [0.29, 0.717) is 17.6 Å². The van der Waals surface area contributed by atoms with Crippen LogP contribution in [0.1, 0.15) is 16.9 Å². The first kappa shape index (κ1) is 31.1. The molecule has 0 saturated heterocycles. The van der Waals surface area contributed by atoms with E-state index in [4.69, 9.17) is 15.0 Å². The lowest BCUT2D eigenvalue weighted by atomic mass is 9.94. The zero-order valence-electron chi connectivity index (χ0n) is 30.6. The van der Waals surface area contributed by atoms with Gasteiger partial charge in [-0.15, -0.1) is 11.3 Å². The number of para-hydroxylation sites is 3. The summed E-state index contributed by atoms with van der Waals surface area (Å²) in [4.78, 5) is 17.2. The first-order chi connectivity index (χ1) is 28.3. The van der Waals surface area contributed by atoms with Crippen molar-refractivity contribution in [2.45, 2.75) is 12.8 Å². The molecule has 0 unspecified atom stereocenters. The largest absolute Gasteiger partial charge is 0.308 e. The van der Waals surface area contributed by atoms with Crippen LogP contribution in [0.2, 0.25) is 0 Å². The van der Waals surface area contributed by atoms with Gasteiger partial charge in [-0.25, -0.2) is 4.98 Å². The number of allylic oxidation sites excluding steroid dienone is 1. The number of benzene rings is 7. The number of fused-ring (bicyclic) bond motifs is 14. The van der Waals surface area contributed by atoms with Crippen LogP contribution in [0.4, 0.5) is 0 Å². The van der Waals surface area contributed by atoms with Crippen molar-refractivity contribution in [3.8, 4) is 56.7 Å². The Morgan fingerprint density at radius 2 is 1.16 bits per heavy atom. The predicted octanol–water partition coefficient (Wildman–Crippen LogP) is 13.2. The molecule has 11 aromatic rings. The van der Waals surface area contributed by atoms with Crippen molar-refractivity contribution in [3.63, 3.8) is 0 Å². The summed E-state index contributed by atoms with van der Waals surface area (Å²) in [5, 5.41) is 5.98. The molecule has 7 aromatic carbocycles. The third-order valence-electron chi connectivity index (χ3n) is 12.0. The lowest BCUT2D eigenvalue weighted by molar-refractivity contribution is 0.954. The van der Waals surface area contributed by atoms with Crippen molar-refractivity contribution >= 4 is 71.1 Å². The van der Waals surface area contributed by atoms with Crippen molar-refractivity contribution in [2.24, 2.45) is 0 Å². The average Bonchev–Trinajstić information content (AvgIpc) is 3.90. The Balaban J connectivity index is 1.12. The Kier molecular flexibility index (Phi) is 6.37. The maximum absolute atomic E-state index is 5.35. The Labute approximate surface area is 331 Å². The Morgan fingerprint density at radius 3 is 2.04 bits per heavy atom. The molecule has 0 amide bonds. The quantitative estimate of drug-likeness (QED) is 0.181. The minimum atomic E-state index is 0.599. The highest BCUT2D eigenvalue weighted by Crippen LogP contribution is 2.48. The molecule has 266 valence electrons. The highest BCUT2D eigenvalue weighted by Gasteiger charge is 2.26. The number of rotatable bonds is 3. The highest BCUT2D eigenvalue weighted by atomic mass is 32.1. The van der Waals surface area contributed by atoms with Gasteiger partial charge in [-0.1, -0.05) is 121 Å². The van der Waals surface area contributed by atoms with E-state index in [2.05, 4.69) is 155 Å². The summed E-state index contributed by atoms with van der Waals surface area (Å²) in [7, 11) is 0. The van der Waals surface area contributed by atoms with Crippen LogP contribution in [0.3, 0.4) is 0 Å². The van der Waals surface area contributed by atoms with Gasteiger partial charge in [-0.05, 0) is 72.0 Å². The molecule has 6 heteroatoms. The molecular weight excluding hydrogens is 715 g/mol. The Morgan fingerprint density at radius 1 is 0.474 bits per heavy atom. The molecule has 0 atom stereocenters. The molecule has 1 aliphatic carbocycles. The highest BCUT2D eigenvalue weighted by molar-refractivity contribution is 7.19. The van der Waals surface area contributed by atoms with E-state index in [-0.39, 0.29) is 0 Å². The molecule has 0 bridgehead atoms. The van der Waals surface area contributed by atoms with Gasteiger partial charge in [0.1, 0.15) is 0 Å². The normalized spacial score (nSPS) is 13.1. The van der Waals surface area contributed by atoms with Gasteiger partial charge in [-0.3, -0.25) is 4.57 Å². The first-order valence-electron chi connectivity index (χ1n) is 19.5. The van der Waals surface area contributed by atoms with Gasteiger partial charge in [0.15, 0.2) is 11.6 Å². The Bertz CT molecular complexity index is 3530. The SMILES string of the molecule is C1=Cc2c(sc3ccc(-c4nc(-c5ccccc5)nc(-n5c6ccccc6c6cc7c(cc65)c5cccc6c5n7-c5ccccc5-c5ccccc5-6)n4)cc23)CC1. The number of hydrogen-bond acceptors (Lipinski definition) is 4. The van der Waals surface area contributed by atoms with Crippen LogP contribution >= 0.6 is 11.3 Å². The summed E-state index contributed by atoms with van der Waals surface area (Å²) in [6.07, 6.45) is 6.76. The lowest BCUT2D eigenvalue weighted by Crippen LogP contribution is -2.06. The second-order valence-corrected chi connectivity index (χ2v) is 16.2. The number of thiophene rings is 1. The van der Waals surface area contributed by atoms with Gasteiger partial charge in [0.25, 0.3) is 0 Å². The second kappa shape index (κ2) is 11.7. The van der Waals surface area contributed by atoms with Crippen molar-refractivity contribution in [1.29, 1.82) is 0 Å². The molecule has 5 heterocycles. The maximum Gasteiger partial charge on any atom is 0.238 e. The average molecular weight is 746 g/mol. The van der Waals surface area contributed by atoms with Crippen LogP contribution in [-0.4, -0.2) is 24.1 Å². The van der Waals surface area contributed by atoms with Crippen LogP contribution in [0.15, 0.2) is 158 Å². The summed E-state index contributed by atoms with van der Waals surface area (Å²) in [5.74, 6) is 1.90. The van der Waals surface area contributed by atoms with E-state index < -0.39 is 0 Å². The van der Waals surface area contributed by atoms with Crippen LogP contribution in [0.5, 0.6) is 0 Å². The molecule has 0 spiro atoms. The van der Waals surface area contributed by atoms with Crippen LogP contribution in [-0.2, 0) is 6.42 Å². The summed E-state index contributed by atoms with van der Waals surface area (Å²) >= 11 is 1.90. The maximum atomic E-state index is 5.35. The molecule has 5 nitrogen and oxygen atoms in total. The van der Waals surface area contributed by atoms with Gasteiger partial charge >= 0.3 is 0 Å². The molecule has 4 aromatic heterocycles. The number of hydrogen-bond donors (Lipinski definition) is 0. The number of aryl methyl sites for hydroxylation is 1. The number of aromatic nitrogens is 5. The van der Waals surface area contributed by atoms with Gasteiger partial charge in [0, 0.05) is 58.8 Å². The van der Waals surface area contributed by atoms with Crippen molar-refractivity contribution in [3.05, 3.63) is 168 Å². The topological polar surface area (TPSA) is 48.5 Å². The van der Waals surface area contributed by atoms with Crippen molar-refractivity contribution in [1.82, 2.24) is 24.1 Å². The monoisotopic (exact) mass is 745 g/mol. The smallest absolute Gasteiger partial charge is 0.238 e. The molecule has 0 radical (unpaired) electrons. The molecule has 13 rings (SSSR count). The van der Waals surface area contributed by atoms with Crippen LogP contribution < -0.4 is 0 Å². The van der Waals surface area contributed by atoms with Gasteiger partial charge in [-0.2, -0.15) is 9.97 Å². The predicted molar refractivity (Wildman–Crippen MR) is 237 cm³/mol. The number of nitrogens with zero attached hydrogens (tertiary/aromatic N) is 5. The molecule has 0 fully saturated rings. The van der Waals surface area contributed by atoms with Gasteiger partial charge in [0.05, 0.1) is 27.8 Å². The molecule has 57 heavy (non-hydrogen) atoms. The fourth-order valence-electron chi connectivity index (χ4n) is 9.46. The summed E-state index contributed by atoms with van der Waals surface area (Å²) < 4.78 is 6.04. The Hall–Kier alpha value is -7.15. The minimum absolute atomic E-state index is 0.599. The van der Waals surface area contributed by atoms with E-state index >= 15 is 0 Å². The van der Waals surface area contributed by atoms with E-state index in [0.717, 1.165) is 45.8 Å². The zero-order valence-corrected chi connectivity index (χ0v) is 31.5. The first-order valence-corrected chi connectivity index (χ1v) is 20.3. The summed E-state index contributed by atoms with van der Waals surface area (Å²) in [6, 6.07) is 54.7. The van der Waals surface area contributed by atoms with E-state index in [9.17, 15) is 0 Å². The molecule has 1 aliphatic heterocycles. The third kappa shape index (κ3) is 4.41. The van der Waals surface area contributed by atoms with Gasteiger partial charge < -0.3 is 4.57 Å². The lowest BCUT2D eigenvalue weighted by Gasteiger charge is -2.13. The second-order valence-electron chi connectivity index (χ2n) is 15.1. The standard InChI is InChI=1S/C51H31N5S/c1-2-13-30(14-3-1)49-52-50(31-25-26-47-41(27-31)36-19-8-11-24-46(36)57-47)54-51(53-49)56-43-23-10-7-18-35(43)39-28-44-40(29-45(39)56)38-21-12-20-37-33-16-5-4-15-32(33)34-17-6-9-22-42(34)55(44)48(37)38/h1-10,12-23,25-29H,11,24H2. The van der Waals surface area contributed by atoms with E-state index in [1.807, 2.05) is 29.5 Å². The van der Waals surface area contributed by atoms with Gasteiger partial charge in [0.2, 0.25) is 5.95 Å². The molecule has 0 N–H and O–H groups in total. The van der Waals surface area contributed by atoms with Crippen molar-refractivity contribution < 1.29 is 0 Å². The minimum Gasteiger partial charge on any atom is -0.308 e. The summed E-state index contributed by atoms with van der Waals surface area (Å²) in [5.41, 5.74) is 13.9. The third-order valence-corrected chi connectivity index (χ3v) is 13.2.